The van der Waals surface area contributed by atoms with Crippen molar-refractivity contribution in [2.24, 2.45) is 7.05 Å². The number of hydrogen-bond acceptors (Lipinski definition) is 3. The Morgan fingerprint density at radius 2 is 1.74 bits per heavy atom. The average molecular weight is 375 g/mol. The van der Waals surface area contributed by atoms with E-state index in [1.807, 2.05) is 78.2 Å². The van der Waals surface area contributed by atoms with Crippen LogP contribution in [0.1, 0.15) is 20.9 Å². The second kappa shape index (κ2) is 7.37. The largest absolute Gasteiger partial charge is 0.307 e. The predicted molar refractivity (Wildman–Crippen MR) is 112 cm³/mol. The summed E-state index contributed by atoms with van der Waals surface area (Å²) in [6.45, 7) is 2.62. The minimum atomic E-state index is 0.0396. The van der Waals surface area contributed by atoms with Crippen molar-refractivity contribution < 1.29 is 4.79 Å². The van der Waals surface area contributed by atoms with Crippen molar-refractivity contribution >= 4 is 33.1 Å². The van der Waals surface area contributed by atoms with Crippen molar-refractivity contribution in [1.82, 2.24) is 9.78 Å². The van der Waals surface area contributed by atoms with Crippen molar-refractivity contribution in [1.29, 1.82) is 0 Å². The molecular weight excluding hydrogens is 354 g/mol. The summed E-state index contributed by atoms with van der Waals surface area (Å²) in [4.78, 5) is 17.0. The van der Waals surface area contributed by atoms with Gasteiger partial charge in [0.05, 0.1) is 10.6 Å². The molecule has 0 saturated heterocycles. The van der Waals surface area contributed by atoms with Crippen LogP contribution in [0.2, 0.25) is 0 Å². The first-order chi connectivity index (χ1) is 13.1. The molecule has 4 aromatic rings. The lowest BCUT2D eigenvalue weighted by molar-refractivity contribution is 0.0991. The summed E-state index contributed by atoms with van der Waals surface area (Å²) in [6.07, 6.45) is 0.812. The molecule has 0 bridgehead atoms. The van der Waals surface area contributed by atoms with E-state index < -0.39 is 0 Å². The first-order valence-electron chi connectivity index (χ1n) is 8.97. The number of fused-ring (bicyclic) bond motifs is 1. The lowest BCUT2D eigenvalue weighted by atomic mass is 10.1. The third-order valence-electron chi connectivity index (χ3n) is 4.69. The minimum Gasteiger partial charge on any atom is -0.307 e. The Bertz CT molecular complexity index is 1030. The van der Waals surface area contributed by atoms with Gasteiger partial charge in [-0.05, 0) is 37.1 Å². The number of carbonyl (C=O) groups is 1. The number of carbonyl (C=O) groups excluding carboxylic acids is 1. The number of aryl methyl sites for hydroxylation is 2. The summed E-state index contributed by atoms with van der Waals surface area (Å²) < 4.78 is 1.85. The van der Waals surface area contributed by atoms with Crippen LogP contribution in [0, 0.1) is 6.92 Å². The van der Waals surface area contributed by atoms with Crippen LogP contribution >= 0.6 is 11.3 Å². The van der Waals surface area contributed by atoms with E-state index in [9.17, 15) is 4.79 Å². The third-order valence-corrected chi connectivity index (χ3v) is 5.88. The number of para-hydroxylation sites is 1. The average Bonchev–Trinajstić information content (AvgIpc) is 3.25. The number of benzene rings is 2. The Balaban J connectivity index is 1.66. The first kappa shape index (κ1) is 17.5. The van der Waals surface area contributed by atoms with Gasteiger partial charge in [0, 0.05) is 24.7 Å². The van der Waals surface area contributed by atoms with Crippen LogP contribution < -0.4 is 4.90 Å². The quantitative estimate of drug-likeness (QED) is 0.501. The third kappa shape index (κ3) is 3.51. The Hall–Kier alpha value is -2.92. The molecule has 27 heavy (non-hydrogen) atoms. The maximum Gasteiger partial charge on any atom is 0.268 e. The molecule has 4 rings (SSSR count). The summed E-state index contributed by atoms with van der Waals surface area (Å²) in [7, 11) is 1.92. The molecule has 4 nitrogen and oxygen atoms in total. The number of aromatic nitrogens is 2. The fraction of sp³-hybridized carbons (Fsp3) is 0.182. The van der Waals surface area contributed by atoms with Gasteiger partial charge < -0.3 is 4.90 Å². The number of nitrogens with zero attached hydrogens (tertiary/aromatic N) is 3. The van der Waals surface area contributed by atoms with Gasteiger partial charge in [0.2, 0.25) is 0 Å². The molecule has 0 saturated carbocycles. The SMILES string of the molecule is Cc1nn(C)c2sc(C(=O)N(CCc3ccccc3)c3ccccc3)cc12. The number of anilines is 1. The topological polar surface area (TPSA) is 38.1 Å². The highest BCUT2D eigenvalue weighted by molar-refractivity contribution is 7.20. The maximum absolute atomic E-state index is 13.4. The molecule has 5 heteroatoms. The highest BCUT2D eigenvalue weighted by Crippen LogP contribution is 2.29. The Morgan fingerprint density at radius 3 is 2.41 bits per heavy atom. The molecule has 0 unspecified atom stereocenters. The van der Waals surface area contributed by atoms with Gasteiger partial charge in [-0.15, -0.1) is 11.3 Å². The molecule has 136 valence electrons. The predicted octanol–water partition coefficient (Wildman–Crippen LogP) is 4.83. The Morgan fingerprint density at radius 1 is 1.07 bits per heavy atom. The Labute approximate surface area is 162 Å². The summed E-state index contributed by atoms with van der Waals surface area (Å²) >= 11 is 1.51. The highest BCUT2D eigenvalue weighted by atomic mass is 32.1. The van der Waals surface area contributed by atoms with Crippen molar-refractivity contribution in [2.45, 2.75) is 13.3 Å². The van der Waals surface area contributed by atoms with Gasteiger partial charge in [-0.2, -0.15) is 5.10 Å². The number of amides is 1. The minimum absolute atomic E-state index is 0.0396. The second-order valence-corrected chi connectivity index (χ2v) is 7.60. The van der Waals surface area contributed by atoms with Crippen molar-refractivity contribution in [3.63, 3.8) is 0 Å². The van der Waals surface area contributed by atoms with E-state index in [1.54, 1.807) is 0 Å². The smallest absolute Gasteiger partial charge is 0.268 e. The fourth-order valence-corrected chi connectivity index (χ4v) is 4.36. The molecule has 0 atom stereocenters. The molecule has 0 N–H and O–H groups in total. The summed E-state index contributed by atoms with van der Waals surface area (Å²) in [6, 6.07) is 22.1. The van der Waals surface area contributed by atoms with Crippen LogP contribution in [0.15, 0.2) is 66.7 Å². The monoisotopic (exact) mass is 375 g/mol. The van der Waals surface area contributed by atoms with Gasteiger partial charge in [0.25, 0.3) is 5.91 Å². The molecular formula is C22H21N3OS. The Kier molecular flexibility index (Phi) is 4.77. The van der Waals surface area contributed by atoms with Gasteiger partial charge in [-0.1, -0.05) is 48.5 Å². The first-order valence-corrected chi connectivity index (χ1v) is 9.79. The molecule has 0 fully saturated rings. The molecule has 0 aliphatic heterocycles. The van der Waals surface area contributed by atoms with Gasteiger partial charge in [-0.3, -0.25) is 9.48 Å². The van der Waals surface area contributed by atoms with Crippen LogP contribution in [0.25, 0.3) is 10.2 Å². The van der Waals surface area contributed by atoms with Gasteiger partial charge in [0.1, 0.15) is 4.83 Å². The van der Waals surface area contributed by atoms with E-state index in [1.165, 1.54) is 16.9 Å². The summed E-state index contributed by atoms with van der Waals surface area (Å²) in [5.41, 5.74) is 3.10. The van der Waals surface area contributed by atoms with Crippen LogP contribution in [0.4, 0.5) is 5.69 Å². The number of thiophene rings is 1. The normalized spacial score (nSPS) is 11.0. The number of hydrogen-bond donors (Lipinski definition) is 0. The zero-order valence-corrected chi connectivity index (χ0v) is 16.2. The maximum atomic E-state index is 13.4. The lowest BCUT2D eigenvalue weighted by Gasteiger charge is -2.22. The molecule has 0 spiro atoms. The summed E-state index contributed by atoms with van der Waals surface area (Å²) in [5.74, 6) is 0.0396. The van der Waals surface area contributed by atoms with Gasteiger partial charge in [-0.25, -0.2) is 0 Å². The van der Waals surface area contributed by atoms with Crippen molar-refractivity contribution in [3.05, 3.63) is 82.9 Å². The van der Waals surface area contributed by atoms with Crippen molar-refractivity contribution in [2.75, 3.05) is 11.4 Å². The standard InChI is InChI=1S/C22H21N3OS/c1-16-19-15-20(27-22(19)24(2)23-16)21(26)25(18-11-7-4-8-12-18)14-13-17-9-5-3-6-10-17/h3-12,15H,13-14H2,1-2H3. The summed E-state index contributed by atoms with van der Waals surface area (Å²) in [5, 5.41) is 5.49. The van der Waals surface area contributed by atoms with E-state index in [4.69, 9.17) is 0 Å². The second-order valence-electron chi connectivity index (χ2n) is 6.57. The number of rotatable bonds is 5. The molecule has 0 radical (unpaired) electrons. The molecule has 0 aliphatic carbocycles. The van der Waals surface area contributed by atoms with E-state index >= 15 is 0 Å². The molecule has 0 aliphatic rings. The van der Waals surface area contributed by atoms with Crippen molar-refractivity contribution in [3.8, 4) is 0 Å². The van der Waals surface area contributed by atoms with Crippen LogP contribution in [0.5, 0.6) is 0 Å². The lowest BCUT2D eigenvalue weighted by Crippen LogP contribution is -2.32. The fourth-order valence-electron chi connectivity index (χ4n) is 3.29. The van der Waals surface area contributed by atoms with Crippen LogP contribution in [-0.4, -0.2) is 22.2 Å². The molecule has 1 amide bonds. The highest BCUT2D eigenvalue weighted by Gasteiger charge is 2.21. The van der Waals surface area contributed by atoms with E-state index in [2.05, 4.69) is 17.2 Å². The molecule has 2 aromatic heterocycles. The van der Waals surface area contributed by atoms with E-state index in [-0.39, 0.29) is 5.91 Å². The molecule has 2 heterocycles. The zero-order chi connectivity index (χ0) is 18.8. The van der Waals surface area contributed by atoms with E-state index in [0.29, 0.717) is 6.54 Å². The zero-order valence-electron chi connectivity index (χ0n) is 15.4. The van der Waals surface area contributed by atoms with Gasteiger partial charge in [0.15, 0.2) is 0 Å². The van der Waals surface area contributed by atoms with Crippen LogP contribution in [0.3, 0.4) is 0 Å². The van der Waals surface area contributed by atoms with Crippen LogP contribution in [-0.2, 0) is 13.5 Å². The van der Waals surface area contributed by atoms with Gasteiger partial charge >= 0.3 is 0 Å². The molecule has 2 aromatic carbocycles. The van der Waals surface area contributed by atoms with E-state index in [0.717, 1.165) is 32.9 Å².